The zero-order valence-corrected chi connectivity index (χ0v) is 12.8. The van der Waals surface area contributed by atoms with E-state index in [2.05, 4.69) is 16.5 Å². The van der Waals surface area contributed by atoms with Gasteiger partial charge >= 0.3 is 5.97 Å². The molecule has 1 aromatic carbocycles. The van der Waals surface area contributed by atoms with E-state index >= 15 is 0 Å². The Hall–Kier alpha value is -1.44. The van der Waals surface area contributed by atoms with Crippen LogP contribution in [0.15, 0.2) is 29.2 Å². The summed E-state index contributed by atoms with van der Waals surface area (Å²) in [6.07, 6.45) is 1.54. The van der Waals surface area contributed by atoms with Gasteiger partial charge in [-0.1, -0.05) is 13.0 Å². The summed E-state index contributed by atoms with van der Waals surface area (Å²) in [5.41, 5.74) is -0.0290. The minimum Gasteiger partial charge on any atom is -0.478 e. The summed E-state index contributed by atoms with van der Waals surface area (Å²) >= 11 is 0. The predicted octanol–water partition coefficient (Wildman–Crippen LogP) is 1.15. The maximum absolute atomic E-state index is 12.3. The Morgan fingerprint density at radius 1 is 1.38 bits per heavy atom. The topological polar surface area (TPSA) is 86.7 Å². The fraction of sp³-hybridized carbons (Fsp3) is 0.500. The summed E-state index contributed by atoms with van der Waals surface area (Å²) in [4.78, 5) is 13.2. The monoisotopic (exact) mass is 312 g/mol. The van der Waals surface area contributed by atoms with Crippen molar-refractivity contribution in [3.05, 3.63) is 29.8 Å². The van der Waals surface area contributed by atoms with E-state index in [1.807, 2.05) is 0 Å². The number of benzene rings is 1. The molecule has 6 nitrogen and oxygen atoms in total. The molecule has 1 saturated heterocycles. The Balaban J connectivity index is 2.08. The van der Waals surface area contributed by atoms with E-state index < -0.39 is 16.0 Å². The van der Waals surface area contributed by atoms with E-state index in [0.29, 0.717) is 0 Å². The number of carboxylic acids is 1. The van der Waals surface area contributed by atoms with Crippen LogP contribution in [0.25, 0.3) is 0 Å². The molecular weight excluding hydrogens is 292 g/mol. The molecule has 1 aliphatic rings. The first kappa shape index (κ1) is 15.9. The maximum Gasteiger partial charge on any atom is 0.335 e. The lowest BCUT2D eigenvalue weighted by molar-refractivity contribution is 0.0696. The van der Waals surface area contributed by atoms with E-state index in [0.717, 1.165) is 32.5 Å². The van der Waals surface area contributed by atoms with Crippen molar-refractivity contribution in [3.8, 4) is 0 Å². The van der Waals surface area contributed by atoms with Crippen molar-refractivity contribution < 1.29 is 18.3 Å². The van der Waals surface area contributed by atoms with Gasteiger partial charge in [0.2, 0.25) is 10.0 Å². The van der Waals surface area contributed by atoms with Gasteiger partial charge in [-0.05, 0) is 50.7 Å². The normalized spacial score (nSPS) is 17.8. The summed E-state index contributed by atoms with van der Waals surface area (Å²) in [5.74, 6) is -1.14. The average molecular weight is 312 g/mol. The van der Waals surface area contributed by atoms with Gasteiger partial charge in [-0.15, -0.1) is 0 Å². The van der Waals surface area contributed by atoms with E-state index in [4.69, 9.17) is 5.11 Å². The van der Waals surface area contributed by atoms with Crippen LogP contribution in [0.3, 0.4) is 0 Å². The van der Waals surface area contributed by atoms with Gasteiger partial charge < -0.3 is 10.0 Å². The Morgan fingerprint density at radius 2 is 2.05 bits per heavy atom. The number of aromatic carboxylic acids is 1. The maximum atomic E-state index is 12.3. The van der Waals surface area contributed by atoms with Crippen LogP contribution < -0.4 is 4.72 Å². The third kappa shape index (κ3) is 4.03. The molecule has 0 unspecified atom stereocenters. The highest BCUT2D eigenvalue weighted by atomic mass is 32.2. The molecular formula is C14H20N2O4S. The first-order chi connectivity index (χ1) is 9.92. The zero-order valence-electron chi connectivity index (χ0n) is 11.9. The lowest BCUT2D eigenvalue weighted by Crippen LogP contribution is -2.44. The minimum atomic E-state index is -3.67. The highest BCUT2D eigenvalue weighted by Gasteiger charge is 2.24. The molecule has 0 aromatic heterocycles. The zero-order chi connectivity index (χ0) is 15.5. The van der Waals surface area contributed by atoms with Gasteiger partial charge in [0.1, 0.15) is 0 Å². The van der Waals surface area contributed by atoms with Crippen molar-refractivity contribution in [1.82, 2.24) is 9.62 Å². The molecule has 2 rings (SSSR count). The van der Waals surface area contributed by atoms with E-state index in [-0.39, 0.29) is 16.5 Å². The third-order valence-electron chi connectivity index (χ3n) is 3.75. The number of hydrogen-bond acceptors (Lipinski definition) is 4. The van der Waals surface area contributed by atoms with Crippen LogP contribution in [-0.4, -0.2) is 50.1 Å². The number of sulfonamides is 1. The van der Waals surface area contributed by atoms with Crippen LogP contribution in [0.1, 0.15) is 30.1 Å². The second-order valence-electron chi connectivity index (χ2n) is 5.16. The quantitative estimate of drug-likeness (QED) is 0.851. The number of nitrogens with zero attached hydrogens (tertiary/aromatic N) is 1. The number of nitrogens with one attached hydrogen (secondary N) is 1. The second-order valence-corrected chi connectivity index (χ2v) is 6.88. The van der Waals surface area contributed by atoms with E-state index in [1.54, 1.807) is 0 Å². The molecule has 0 bridgehead atoms. The molecule has 0 amide bonds. The van der Waals surface area contributed by atoms with Crippen molar-refractivity contribution in [2.75, 3.05) is 19.6 Å². The van der Waals surface area contributed by atoms with Gasteiger partial charge in [-0.3, -0.25) is 0 Å². The molecule has 2 N–H and O–H groups in total. The Morgan fingerprint density at radius 3 is 2.62 bits per heavy atom. The van der Waals surface area contributed by atoms with Crippen molar-refractivity contribution in [1.29, 1.82) is 0 Å². The summed E-state index contributed by atoms with van der Waals surface area (Å²) in [6, 6.07) is 5.33. The first-order valence-electron chi connectivity index (χ1n) is 7.00. The van der Waals surface area contributed by atoms with Gasteiger partial charge in [-0.2, -0.15) is 0 Å². The van der Waals surface area contributed by atoms with E-state index in [1.165, 1.54) is 24.3 Å². The molecule has 0 radical (unpaired) electrons. The minimum absolute atomic E-state index is 0.000297. The van der Waals surface area contributed by atoms with Gasteiger partial charge in [0, 0.05) is 6.04 Å². The van der Waals surface area contributed by atoms with Gasteiger partial charge in [0.25, 0.3) is 0 Å². The summed E-state index contributed by atoms with van der Waals surface area (Å²) < 4.78 is 27.3. The van der Waals surface area contributed by atoms with Crippen LogP contribution in [-0.2, 0) is 10.0 Å². The number of carboxylic acid groups (broad SMARTS) is 1. The van der Waals surface area contributed by atoms with Crippen LogP contribution >= 0.6 is 0 Å². The van der Waals surface area contributed by atoms with Crippen LogP contribution in [0.2, 0.25) is 0 Å². The molecule has 1 fully saturated rings. The smallest absolute Gasteiger partial charge is 0.335 e. The number of carbonyl (C=O) groups is 1. The summed E-state index contributed by atoms with van der Waals surface area (Å²) in [5, 5.41) is 8.93. The molecule has 0 saturated carbocycles. The molecule has 1 aromatic rings. The van der Waals surface area contributed by atoms with Crippen molar-refractivity contribution in [2.24, 2.45) is 0 Å². The van der Waals surface area contributed by atoms with Gasteiger partial charge in [0.05, 0.1) is 10.5 Å². The molecule has 0 aliphatic carbocycles. The molecule has 21 heavy (non-hydrogen) atoms. The van der Waals surface area contributed by atoms with Crippen LogP contribution in [0.5, 0.6) is 0 Å². The predicted molar refractivity (Wildman–Crippen MR) is 78.9 cm³/mol. The standard InChI is InChI=1S/C14H20N2O4S/c1-2-16-8-6-12(7-9-16)15-21(19,20)13-5-3-4-11(10-13)14(17)18/h3-5,10,12,15H,2,6-9H2,1H3,(H,17,18). The third-order valence-corrected chi connectivity index (χ3v) is 5.27. The molecule has 1 aliphatic heterocycles. The average Bonchev–Trinajstić information content (AvgIpc) is 2.48. The molecule has 0 spiro atoms. The fourth-order valence-corrected chi connectivity index (χ4v) is 3.80. The molecule has 0 atom stereocenters. The number of piperidine rings is 1. The first-order valence-corrected chi connectivity index (χ1v) is 8.48. The lowest BCUT2D eigenvalue weighted by atomic mass is 10.1. The summed E-state index contributed by atoms with van der Waals surface area (Å²) in [6.45, 7) is 4.81. The van der Waals surface area contributed by atoms with Crippen LogP contribution in [0, 0.1) is 0 Å². The largest absolute Gasteiger partial charge is 0.478 e. The van der Waals surface area contributed by atoms with Crippen molar-refractivity contribution in [3.63, 3.8) is 0 Å². The molecule has 1 heterocycles. The summed E-state index contributed by atoms with van der Waals surface area (Å²) in [7, 11) is -3.67. The van der Waals surface area contributed by atoms with Gasteiger partial charge in [0.15, 0.2) is 0 Å². The molecule has 116 valence electrons. The molecule has 7 heteroatoms. The Kier molecular flexibility index (Phi) is 4.97. The second kappa shape index (κ2) is 6.55. The highest BCUT2D eigenvalue weighted by Crippen LogP contribution is 2.16. The Bertz CT molecular complexity index is 607. The SMILES string of the molecule is CCN1CCC(NS(=O)(=O)c2cccc(C(=O)O)c2)CC1. The van der Waals surface area contributed by atoms with Crippen LogP contribution in [0.4, 0.5) is 0 Å². The Labute approximate surface area is 124 Å². The fourth-order valence-electron chi connectivity index (χ4n) is 2.45. The van der Waals surface area contributed by atoms with E-state index in [9.17, 15) is 13.2 Å². The lowest BCUT2D eigenvalue weighted by Gasteiger charge is -2.31. The number of likely N-dealkylation sites (tertiary alicyclic amines) is 1. The number of rotatable bonds is 5. The highest BCUT2D eigenvalue weighted by molar-refractivity contribution is 7.89. The number of hydrogen-bond donors (Lipinski definition) is 2. The van der Waals surface area contributed by atoms with Crippen molar-refractivity contribution in [2.45, 2.75) is 30.7 Å². The van der Waals surface area contributed by atoms with Gasteiger partial charge in [-0.25, -0.2) is 17.9 Å². The van der Waals surface area contributed by atoms with Crippen molar-refractivity contribution >= 4 is 16.0 Å².